The molecule has 3 nitrogen and oxygen atoms in total. The summed E-state index contributed by atoms with van der Waals surface area (Å²) in [6.45, 7) is 0.411. The standard InChI is InChI=1S/C10H8FN3/c11-9-3-1-4-10(8(9)7-13)14-6-2-5-12/h1,3-4,14H,2,6H2. The first-order valence-electron chi connectivity index (χ1n) is 4.09. The van der Waals surface area contributed by atoms with E-state index in [4.69, 9.17) is 10.5 Å². The molecule has 0 fully saturated rings. The minimum absolute atomic E-state index is 0.00885. The van der Waals surface area contributed by atoms with Crippen molar-refractivity contribution in [1.82, 2.24) is 0 Å². The molecule has 14 heavy (non-hydrogen) atoms. The largest absolute Gasteiger partial charge is 0.383 e. The molecule has 1 N–H and O–H groups in total. The van der Waals surface area contributed by atoms with Gasteiger partial charge in [0, 0.05) is 6.54 Å². The van der Waals surface area contributed by atoms with E-state index >= 15 is 0 Å². The SMILES string of the molecule is N#CCCNc1cccc(F)c1C#N. The molecule has 4 heteroatoms. The minimum Gasteiger partial charge on any atom is -0.383 e. The molecular weight excluding hydrogens is 181 g/mol. The number of nitrogens with zero attached hydrogens (tertiary/aromatic N) is 2. The highest BCUT2D eigenvalue weighted by Gasteiger charge is 2.05. The van der Waals surface area contributed by atoms with Gasteiger partial charge in [-0.2, -0.15) is 10.5 Å². The molecule has 0 amide bonds. The average molecular weight is 189 g/mol. The Morgan fingerprint density at radius 2 is 2.14 bits per heavy atom. The summed E-state index contributed by atoms with van der Waals surface area (Å²) in [5.74, 6) is -0.547. The van der Waals surface area contributed by atoms with Crippen molar-refractivity contribution in [2.75, 3.05) is 11.9 Å². The topological polar surface area (TPSA) is 59.6 Å². The van der Waals surface area contributed by atoms with Crippen LogP contribution in [0.2, 0.25) is 0 Å². The highest BCUT2D eigenvalue weighted by molar-refractivity contribution is 5.57. The van der Waals surface area contributed by atoms with E-state index in [-0.39, 0.29) is 5.56 Å². The second kappa shape index (κ2) is 4.84. The van der Waals surface area contributed by atoms with Gasteiger partial charge >= 0.3 is 0 Å². The predicted octanol–water partition coefficient (Wildman–Crippen LogP) is 2.02. The number of hydrogen-bond acceptors (Lipinski definition) is 3. The van der Waals surface area contributed by atoms with Crippen molar-refractivity contribution in [3.05, 3.63) is 29.6 Å². The molecule has 0 saturated carbocycles. The summed E-state index contributed by atoms with van der Waals surface area (Å²) in [6.07, 6.45) is 0.321. The lowest BCUT2D eigenvalue weighted by Gasteiger charge is -2.05. The third-order valence-electron chi connectivity index (χ3n) is 1.68. The number of anilines is 1. The first-order chi connectivity index (χ1) is 6.79. The number of rotatable bonds is 3. The Bertz CT molecular complexity index is 401. The van der Waals surface area contributed by atoms with Gasteiger partial charge in [-0.25, -0.2) is 4.39 Å². The second-order valence-electron chi connectivity index (χ2n) is 2.61. The molecule has 0 heterocycles. The lowest BCUT2D eigenvalue weighted by Crippen LogP contribution is -2.03. The predicted molar refractivity (Wildman–Crippen MR) is 49.8 cm³/mol. The fourth-order valence-electron chi connectivity index (χ4n) is 1.04. The minimum atomic E-state index is -0.547. The number of halogens is 1. The molecule has 0 aliphatic carbocycles. The summed E-state index contributed by atoms with van der Waals surface area (Å²) in [5.41, 5.74) is 0.424. The van der Waals surface area contributed by atoms with Crippen LogP contribution in [0.25, 0.3) is 0 Å². The van der Waals surface area contributed by atoms with E-state index in [9.17, 15) is 4.39 Å². The Labute approximate surface area is 81.4 Å². The molecule has 0 aromatic heterocycles. The van der Waals surface area contributed by atoms with Crippen LogP contribution in [-0.4, -0.2) is 6.54 Å². The van der Waals surface area contributed by atoms with Crippen LogP contribution < -0.4 is 5.32 Å². The highest BCUT2D eigenvalue weighted by atomic mass is 19.1. The van der Waals surface area contributed by atoms with Gasteiger partial charge in [0.2, 0.25) is 0 Å². The maximum Gasteiger partial charge on any atom is 0.143 e. The Kier molecular flexibility index (Phi) is 3.46. The molecule has 70 valence electrons. The molecule has 0 saturated heterocycles. The van der Waals surface area contributed by atoms with Gasteiger partial charge < -0.3 is 5.32 Å². The molecule has 0 unspecified atom stereocenters. The summed E-state index contributed by atoms with van der Waals surface area (Å²) in [5, 5.41) is 19.8. The zero-order chi connectivity index (χ0) is 10.4. The maximum absolute atomic E-state index is 13.0. The maximum atomic E-state index is 13.0. The van der Waals surface area contributed by atoms with E-state index in [2.05, 4.69) is 5.32 Å². The highest BCUT2D eigenvalue weighted by Crippen LogP contribution is 2.17. The number of benzene rings is 1. The summed E-state index contributed by atoms with van der Waals surface area (Å²) in [7, 11) is 0. The Balaban J connectivity index is 2.83. The molecule has 0 aliphatic heterocycles. The van der Waals surface area contributed by atoms with Crippen LogP contribution in [0, 0.1) is 28.5 Å². The Morgan fingerprint density at radius 1 is 1.36 bits per heavy atom. The van der Waals surface area contributed by atoms with Crippen LogP contribution in [-0.2, 0) is 0 Å². The number of nitriles is 2. The van der Waals surface area contributed by atoms with Gasteiger partial charge in [-0.3, -0.25) is 0 Å². The van der Waals surface area contributed by atoms with E-state index in [1.54, 1.807) is 12.1 Å². The second-order valence-corrected chi connectivity index (χ2v) is 2.61. The summed E-state index contributed by atoms with van der Waals surface area (Å²) in [4.78, 5) is 0. The first-order valence-corrected chi connectivity index (χ1v) is 4.09. The van der Waals surface area contributed by atoms with E-state index in [0.717, 1.165) is 0 Å². The summed E-state index contributed by atoms with van der Waals surface area (Å²) < 4.78 is 13.0. The van der Waals surface area contributed by atoms with Crippen molar-refractivity contribution >= 4 is 5.69 Å². The third kappa shape index (κ3) is 2.21. The zero-order valence-corrected chi connectivity index (χ0v) is 7.42. The van der Waals surface area contributed by atoms with Crippen LogP contribution >= 0.6 is 0 Å². The van der Waals surface area contributed by atoms with Gasteiger partial charge in [0.05, 0.1) is 18.2 Å². The van der Waals surface area contributed by atoms with E-state index in [0.29, 0.717) is 18.7 Å². The molecule has 0 spiro atoms. The molecule has 1 aromatic carbocycles. The normalized spacial score (nSPS) is 8.79. The molecule has 1 aromatic rings. The lowest BCUT2D eigenvalue weighted by atomic mass is 10.2. The first kappa shape index (κ1) is 10.0. The molecule has 0 atom stereocenters. The smallest absolute Gasteiger partial charge is 0.143 e. The monoisotopic (exact) mass is 189 g/mol. The van der Waals surface area contributed by atoms with Crippen LogP contribution in [0.5, 0.6) is 0 Å². The van der Waals surface area contributed by atoms with E-state index < -0.39 is 5.82 Å². The van der Waals surface area contributed by atoms with Crippen LogP contribution in [0.3, 0.4) is 0 Å². The Morgan fingerprint density at radius 3 is 2.79 bits per heavy atom. The van der Waals surface area contributed by atoms with E-state index in [1.165, 1.54) is 12.1 Å². The van der Waals surface area contributed by atoms with Crippen molar-refractivity contribution in [2.45, 2.75) is 6.42 Å². The summed E-state index contributed by atoms with van der Waals surface area (Å²) >= 11 is 0. The van der Waals surface area contributed by atoms with Crippen molar-refractivity contribution in [1.29, 1.82) is 10.5 Å². The molecule has 0 radical (unpaired) electrons. The van der Waals surface area contributed by atoms with Crippen LogP contribution in [0.4, 0.5) is 10.1 Å². The van der Waals surface area contributed by atoms with Gasteiger partial charge in [-0.05, 0) is 12.1 Å². The van der Waals surface area contributed by atoms with Gasteiger partial charge in [-0.1, -0.05) is 6.07 Å². The molecule has 0 aliphatic rings. The van der Waals surface area contributed by atoms with Gasteiger partial charge in [-0.15, -0.1) is 0 Å². The Hall–Kier alpha value is -2.07. The van der Waals surface area contributed by atoms with Crippen molar-refractivity contribution < 1.29 is 4.39 Å². The van der Waals surface area contributed by atoms with E-state index in [1.807, 2.05) is 6.07 Å². The summed E-state index contributed by atoms with van der Waals surface area (Å²) in [6, 6.07) is 8.08. The lowest BCUT2D eigenvalue weighted by molar-refractivity contribution is 0.624. The number of hydrogen-bond donors (Lipinski definition) is 1. The molecule has 0 bridgehead atoms. The van der Waals surface area contributed by atoms with Gasteiger partial charge in [0.1, 0.15) is 17.4 Å². The van der Waals surface area contributed by atoms with Crippen LogP contribution in [0.1, 0.15) is 12.0 Å². The third-order valence-corrected chi connectivity index (χ3v) is 1.68. The van der Waals surface area contributed by atoms with Gasteiger partial charge in [0.25, 0.3) is 0 Å². The van der Waals surface area contributed by atoms with Gasteiger partial charge in [0.15, 0.2) is 0 Å². The van der Waals surface area contributed by atoms with Crippen molar-refractivity contribution in [3.8, 4) is 12.1 Å². The fourth-order valence-corrected chi connectivity index (χ4v) is 1.04. The zero-order valence-electron chi connectivity index (χ0n) is 7.42. The van der Waals surface area contributed by atoms with Crippen molar-refractivity contribution in [2.24, 2.45) is 0 Å². The molecule has 1 rings (SSSR count). The average Bonchev–Trinajstić information content (AvgIpc) is 2.18. The van der Waals surface area contributed by atoms with Crippen molar-refractivity contribution in [3.63, 3.8) is 0 Å². The fraction of sp³-hybridized carbons (Fsp3) is 0.200. The number of nitrogens with one attached hydrogen (secondary N) is 1. The molecular formula is C10H8FN3. The van der Waals surface area contributed by atoms with Crippen LogP contribution in [0.15, 0.2) is 18.2 Å². The quantitative estimate of drug-likeness (QED) is 0.740.